The molecule has 1 aliphatic rings. The number of hydrogen-bond donors (Lipinski definition) is 2. The Hall–Kier alpha value is -4.17. The van der Waals surface area contributed by atoms with Crippen LogP contribution in [0.15, 0.2) is 78.9 Å². The number of quaternary nitrogens is 1. The van der Waals surface area contributed by atoms with Crippen molar-refractivity contribution < 1.29 is 23.9 Å². The molecule has 1 fully saturated rings. The molecular formula is C32H40N4O4. The van der Waals surface area contributed by atoms with Crippen molar-refractivity contribution in [3.63, 3.8) is 0 Å². The molecule has 1 aliphatic heterocycles. The number of amidine groups is 1. The van der Waals surface area contributed by atoms with Gasteiger partial charge in [0.25, 0.3) is 0 Å². The molecule has 8 nitrogen and oxygen atoms in total. The Bertz CT molecular complexity index is 1270. The molecule has 1 saturated heterocycles. The number of carboxylic acids is 1. The van der Waals surface area contributed by atoms with Crippen molar-refractivity contribution in [2.24, 2.45) is 5.73 Å². The molecule has 4 rings (SSSR count). The zero-order valence-corrected chi connectivity index (χ0v) is 23.9. The largest absolute Gasteiger partial charge is 0.550 e. The SMILES string of the molecule is CC(=O)[O-].CC(C)(C)OC(=O)C[N+]1(Cc2ccccc2)CCN(c2ccc(-c3ccc(C(=N)N)cc3)cc2)CC1. The Morgan fingerprint density at radius 2 is 1.43 bits per heavy atom. The van der Waals surface area contributed by atoms with Crippen LogP contribution in [0.2, 0.25) is 0 Å². The van der Waals surface area contributed by atoms with Gasteiger partial charge in [-0.05, 0) is 51.0 Å². The van der Waals surface area contributed by atoms with Crippen LogP contribution in [0.5, 0.6) is 0 Å². The molecule has 3 aromatic carbocycles. The molecule has 0 amide bonds. The van der Waals surface area contributed by atoms with E-state index in [0.717, 1.165) is 56.3 Å². The van der Waals surface area contributed by atoms with Gasteiger partial charge in [-0.2, -0.15) is 0 Å². The normalized spacial score (nSPS) is 14.4. The number of carbonyl (C=O) groups excluding carboxylic acids is 2. The molecule has 212 valence electrons. The first kappa shape index (κ1) is 30.4. The Morgan fingerprint density at radius 1 is 0.925 bits per heavy atom. The quantitative estimate of drug-likeness (QED) is 0.203. The van der Waals surface area contributed by atoms with Gasteiger partial charge >= 0.3 is 5.97 Å². The summed E-state index contributed by atoms with van der Waals surface area (Å²) in [5, 5.41) is 16.5. The first-order valence-corrected chi connectivity index (χ1v) is 13.4. The minimum absolute atomic E-state index is 0.0791. The Balaban J connectivity index is 0.00000103. The van der Waals surface area contributed by atoms with Gasteiger partial charge < -0.3 is 29.8 Å². The Labute approximate surface area is 237 Å². The third-order valence-electron chi connectivity index (χ3n) is 6.70. The number of carbonyl (C=O) groups is 2. The molecule has 8 heteroatoms. The number of anilines is 1. The van der Waals surface area contributed by atoms with Gasteiger partial charge in [0.2, 0.25) is 0 Å². The van der Waals surface area contributed by atoms with Crippen molar-refractivity contribution in [1.29, 1.82) is 5.41 Å². The molecule has 0 aliphatic carbocycles. The van der Waals surface area contributed by atoms with Gasteiger partial charge in [0.1, 0.15) is 18.0 Å². The van der Waals surface area contributed by atoms with Crippen LogP contribution in [0, 0.1) is 5.41 Å². The summed E-state index contributed by atoms with van der Waals surface area (Å²) in [6.45, 7) is 11.5. The lowest BCUT2D eigenvalue weighted by atomic mass is 10.0. The van der Waals surface area contributed by atoms with E-state index in [0.29, 0.717) is 11.0 Å². The van der Waals surface area contributed by atoms with Gasteiger partial charge in [0, 0.05) is 22.8 Å². The summed E-state index contributed by atoms with van der Waals surface area (Å²) >= 11 is 0. The zero-order chi connectivity index (χ0) is 29.3. The number of hydrogen-bond acceptors (Lipinski definition) is 6. The topological polar surface area (TPSA) is 120 Å². The highest BCUT2D eigenvalue weighted by atomic mass is 16.6. The minimum atomic E-state index is -1.08. The van der Waals surface area contributed by atoms with Crippen molar-refractivity contribution in [3.8, 4) is 11.1 Å². The Morgan fingerprint density at radius 3 is 1.90 bits per heavy atom. The standard InChI is InChI=1S/C30H37N4O2.C2H4O2/c1-30(2,3)36-28(35)22-34(21-23-7-5-4-6-8-23)19-17-33(18-20-34)27-15-13-25(14-16-27)24-9-11-26(12-10-24)29(31)32;1-2(3)4/h4-16H,17-22H2,1-3H3,(H3,31,32);1H3,(H,3,4)/q+1;/p-1. The first-order chi connectivity index (χ1) is 18.9. The summed E-state index contributed by atoms with van der Waals surface area (Å²) in [5.41, 5.74) is 10.5. The van der Waals surface area contributed by atoms with Crippen LogP contribution in [0.3, 0.4) is 0 Å². The van der Waals surface area contributed by atoms with Crippen LogP contribution >= 0.6 is 0 Å². The second-order valence-electron chi connectivity index (χ2n) is 11.2. The molecule has 0 saturated carbocycles. The van der Waals surface area contributed by atoms with Crippen molar-refractivity contribution >= 4 is 23.5 Å². The van der Waals surface area contributed by atoms with Crippen molar-refractivity contribution in [1.82, 2.24) is 0 Å². The molecule has 0 unspecified atom stereocenters. The van der Waals surface area contributed by atoms with E-state index in [1.54, 1.807) is 0 Å². The number of benzene rings is 3. The van der Waals surface area contributed by atoms with Crippen LogP contribution in [-0.2, 0) is 20.9 Å². The smallest absolute Gasteiger partial charge is 0.362 e. The van der Waals surface area contributed by atoms with Crippen molar-refractivity contribution in [2.45, 2.75) is 39.8 Å². The van der Waals surface area contributed by atoms with E-state index in [-0.39, 0.29) is 11.8 Å². The summed E-state index contributed by atoms with van der Waals surface area (Å²) in [5.74, 6) is -1.14. The first-order valence-electron chi connectivity index (χ1n) is 13.4. The van der Waals surface area contributed by atoms with E-state index in [9.17, 15) is 4.79 Å². The van der Waals surface area contributed by atoms with E-state index >= 15 is 0 Å². The predicted octanol–water partition coefficient (Wildman–Crippen LogP) is 3.57. The number of nitrogens with one attached hydrogen (secondary N) is 1. The molecule has 3 N–H and O–H groups in total. The lowest BCUT2D eigenvalue weighted by Crippen LogP contribution is -2.61. The van der Waals surface area contributed by atoms with Crippen LogP contribution in [0.1, 0.15) is 38.8 Å². The van der Waals surface area contributed by atoms with Crippen LogP contribution in [0.4, 0.5) is 5.69 Å². The van der Waals surface area contributed by atoms with Crippen LogP contribution in [0.25, 0.3) is 11.1 Å². The highest BCUT2D eigenvalue weighted by Crippen LogP contribution is 2.27. The third-order valence-corrected chi connectivity index (χ3v) is 6.70. The Kier molecular flexibility index (Phi) is 10.1. The summed E-state index contributed by atoms with van der Waals surface area (Å²) in [6.07, 6.45) is 0. The number of nitrogens with two attached hydrogens (primary N) is 1. The zero-order valence-electron chi connectivity index (χ0n) is 23.9. The number of rotatable bonds is 7. The fraction of sp³-hybridized carbons (Fsp3) is 0.344. The lowest BCUT2D eigenvalue weighted by Gasteiger charge is -2.45. The number of piperazine rings is 1. The van der Waals surface area contributed by atoms with Gasteiger partial charge in [0.15, 0.2) is 6.54 Å². The summed E-state index contributed by atoms with van der Waals surface area (Å²) < 4.78 is 6.41. The second-order valence-corrected chi connectivity index (χ2v) is 11.2. The van der Waals surface area contributed by atoms with Gasteiger partial charge in [-0.15, -0.1) is 0 Å². The van der Waals surface area contributed by atoms with E-state index in [4.69, 9.17) is 25.8 Å². The summed E-state index contributed by atoms with van der Waals surface area (Å²) in [4.78, 5) is 24.1. The molecule has 0 spiro atoms. The molecule has 3 aromatic rings. The maximum atomic E-state index is 12.8. The minimum Gasteiger partial charge on any atom is -0.550 e. The molecule has 0 atom stereocenters. The van der Waals surface area contributed by atoms with E-state index in [1.165, 1.54) is 11.3 Å². The fourth-order valence-corrected chi connectivity index (χ4v) is 4.84. The van der Waals surface area contributed by atoms with Crippen LogP contribution < -0.4 is 15.7 Å². The maximum Gasteiger partial charge on any atom is 0.362 e. The number of nitrogen functional groups attached to an aromatic ring is 1. The predicted molar refractivity (Wildman–Crippen MR) is 157 cm³/mol. The number of aliphatic carboxylic acids is 1. The van der Waals surface area contributed by atoms with E-state index in [2.05, 4.69) is 53.4 Å². The lowest BCUT2D eigenvalue weighted by molar-refractivity contribution is -0.934. The number of esters is 1. The molecular weight excluding hydrogens is 504 g/mol. The highest BCUT2D eigenvalue weighted by molar-refractivity contribution is 5.95. The van der Waals surface area contributed by atoms with Gasteiger partial charge in [-0.1, -0.05) is 66.7 Å². The van der Waals surface area contributed by atoms with Crippen molar-refractivity contribution in [2.75, 3.05) is 37.6 Å². The van der Waals surface area contributed by atoms with E-state index in [1.807, 2.05) is 51.1 Å². The number of carboxylic acid groups (broad SMARTS) is 1. The second kappa shape index (κ2) is 13.3. The molecule has 0 radical (unpaired) electrons. The van der Waals surface area contributed by atoms with Crippen molar-refractivity contribution in [3.05, 3.63) is 90.0 Å². The summed E-state index contributed by atoms with van der Waals surface area (Å²) in [6, 6.07) is 26.8. The fourth-order valence-electron chi connectivity index (χ4n) is 4.84. The molecule has 0 aromatic heterocycles. The van der Waals surface area contributed by atoms with Gasteiger partial charge in [0.05, 0.1) is 26.2 Å². The van der Waals surface area contributed by atoms with Gasteiger partial charge in [-0.3, -0.25) is 5.41 Å². The maximum absolute atomic E-state index is 12.8. The van der Waals surface area contributed by atoms with E-state index < -0.39 is 11.6 Å². The summed E-state index contributed by atoms with van der Waals surface area (Å²) in [7, 11) is 0. The van der Waals surface area contributed by atoms with Gasteiger partial charge in [-0.25, -0.2) is 4.79 Å². The number of nitrogens with zero attached hydrogens (tertiary/aromatic N) is 2. The third kappa shape index (κ3) is 9.24. The van der Waals surface area contributed by atoms with Crippen LogP contribution in [-0.4, -0.2) is 60.6 Å². The molecule has 0 bridgehead atoms. The monoisotopic (exact) mass is 544 g/mol. The number of ether oxygens (including phenoxy) is 1. The molecule has 40 heavy (non-hydrogen) atoms. The average Bonchev–Trinajstić information content (AvgIpc) is 2.88. The highest BCUT2D eigenvalue weighted by Gasteiger charge is 2.37. The molecule has 1 heterocycles. The average molecular weight is 545 g/mol.